The number of aliphatic hydroxyl groups excluding tert-OH is 1. The number of aliphatic carboxylic acids is 3. The maximum Gasteiger partial charge on any atom is 0.328 e. The first-order valence-electron chi connectivity index (χ1n) is 24.0. The lowest BCUT2D eigenvalue weighted by molar-refractivity contribution is -0.145. The van der Waals surface area contributed by atoms with Gasteiger partial charge in [0.15, 0.2) is 6.04 Å². The number of benzene rings is 2. The molecule has 8 amide bonds. The summed E-state index contributed by atoms with van der Waals surface area (Å²) >= 11 is 0. The number of para-hydroxylation sites is 1. The van der Waals surface area contributed by atoms with Gasteiger partial charge in [-0.25, -0.2) is 4.79 Å². The number of phenols is 1. The second-order valence-corrected chi connectivity index (χ2v) is 18.9. The SMILES string of the molecule is CC(C)C[C@H](NC(=O)[C@H](CC(=O)O)NC(=O)[C@H](CC(=O)O)NC(=O)[C@H](Cc1ccc(O)cc1)NC(=O)[C@H](CCC(N)=O)NC(=O)[C@@H](N)CC(C)C)C(=O)N[C@@H](Cc1c[nH]c2ccccc12)C(=O)N[C@H](C(=O)O)[C@@H](C)O. The molecule has 0 saturated carbocycles. The number of carbonyl (C=O) groups excluding carboxylic acids is 8. The number of amides is 8. The van der Waals surface area contributed by atoms with Crippen molar-refractivity contribution in [3.05, 3.63) is 65.9 Å². The monoisotopic (exact) mass is 1050 g/mol. The number of carbonyl (C=O) groups is 11. The van der Waals surface area contributed by atoms with Crippen LogP contribution in [0, 0.1) is 11.8 Å². The Labute approximate surface area is 430 Å². The van der Waals surface area contributed by atoms with Crippen molar-refractivity contribution >= 4 is 76.1 Å². The number of aromatic hydroxyl groups is 1. The minimum atomic E-state index is -2.08. The molecule has 0 aliphatic rings. The number of aromatic nitrogens is 1. The Bertz CT molecular complexity index is 2530. The van der Waals surface area contributed by atoms with Gasteiger partial charge in [-0.1, -0.05) is 58.0 Å². The zero-order valence-electron chi connectivity index (χ0n) is 42.1. The van der Waals surface area contributed by atoms with Gasteiger partial charge in [0.1, 0.15) is 42.0 Å². The summed E-state index contributed by atoms with van der Waals surface area (Å²) in [6.07, 6.45) is -3.61. The Morgan fingerprint density at radius 1 is 0.560 bits per heavy atom. The molecule has 0 fully saturated rings. The van der Waals surface area contributed by atoms with Crippen LogP contribution in [0.2, 0.25) is 0 Å². The zero-order chi connectivity index (χ0) is 56.3. The number of phenolic OH excluding ortho intramolecular Hbond substituents is 1. The van der Waals surface area contributed by atoms with Gasteiger partial charge < -0.3 is 79.2 Å². The van der Waals surface area contributed by atoms with E-state index in [1.54, 1.807) is 58.2 Å². The van der Waals surface area contributed by atoms with E-state index in [1.165, 1.54) is 24.3 Å². The fourth-order valence-corrected chi connectivity index (χ4v) is 7.73. The highest BCUT2D eigenvalue weighted by molar-refractivity contribution is 5.99. The summed E-state index contributed by atoms with van der Waals surface area (Å²) in [4.78, 5) is 148. The molecule has 3 aromatic rings. The van der Waals surface area contributed by atoms with Gasteiger partial charge in [0.2, 0.25) is 47.3 Å². The molecule has 9 atom stereocenters. The highest BCUT2D eigenvalue weighted by Gasteiger charge is 2.37. The van der Waals surface area contributed by atoms with Gasteiger partial charge in [0.05, 0.1) is 25.0 Å². The first kappa shape index (κ1) is 61.2. The summed E-state index contributed by atoms with van der Waals surface area (Å²) in [5.74, 6) is -14.0. The number of rotatable bonds is 31. The van der Waals surface area contributed by atoms with Crippen molar-refractivity contribution in [3.63, 3.8) is 0 Å². The summed E-state index contributed by atoms with van der Waals surface area (Å²) in [5.41, 5.74) is 12.8. The fourth-order valence-electron chi connectivity index (χ4n) is 7.73. The second-order valence-electron chi connectivity index (χ2n) is 18.9. The topological polar surface area (TPSA) is 441 Å². The van der Waals surface area contributed by atoms with Gasteiger partial charge in [0.25, 0.3) is 0 Å². The van der Waals surface area contributed by atoms with Gasteiger partial charge in [-0.2, -0.15) is 0 Å². The number of fused-ring (bicyclic) bond motifs is 1. The smallest absolute Gasteiger partial charge is 0.328 e. The average molecular weight is 1050 g/mol. The molecule has 26 nitrogen and oxygen atoms in total. The number of aromatic amines is 1. The number of primary amides is 1. The minimum absolute atomic E-state index is 0.0253. The summed E-state index contributed by atoms with van der Waals surface area (Å²) in [7, 11) is 0. The molecule has 26 heteroatoms. The average Bonchev–Trinajstić information content (AvgIpc) is 3.72. The summed E-state index contributed by atoms with van der Waals surface area (Å²) in [6.45, 7) is 8.07. The van der Waals surface area contributed by atoms with E-state index in [-0.39, 0.29) is 49.7 Å². The Hall–Kier alpha value is -8.13. The van der Waals surface area contributed by atoms with Crippen molar-refractivity contribution in [2.75, 3.05) is 0 Å². The maximum atomic E-state index is 14.1. The number of nitrogens with two attached hydrogens (primary N) is 2. The summed E-state index contributed by atoms with van der Waals surface area (Å²) in [5, 5.41) is 66.3. The molecule has 410 valence electrons. The molecule has 0 radical (unpaired) electrons. The van der Waals surface area contributed by atoms with Crippen LogP contribution < -0.4 is 48.7 Å². The molecule has 0 bridgehead atoms. The number of hydrogen-bond acceptors (Lipinski definition) is 14. The van der Waals surface area contributed by atoms with Crippen LogP contribution >= 0.6 is 0 Å². The normalized spacial score (nSPS) is 14.8. The molecule has 1 heterocycles. The highest BCUT2D eigenvalue weighted by Crippen LogP contribution is 2.20. The van der Waals surface area contributed by atoms with E-state index in [4.69, 9.17) is 11.5 Å². The lowest BCUT2D eigenvalue weighted by Crippen LogP contribution is -2.61. The molecule has 2 aromatic carbocycles. The lowest BCUT2D eigenvalue weighted by atomic mass is 10.00. The van der Waals surface area contributed by atoms with E-state index in [0.717, 1.165) is 6.92 Å². The maximum absolute atomic E-state index is 14.1. The van der Waals surface area contributed by atoms with Crippen LogP contribution in [0.15, 0.2) is 54.7 Å². The van der Waals surface area contributed by atoms with E-state index >= 15 is 0 Å². The zero-order valence-corrected chi connectivity index (χ0v) is 42.1. The number of carboxylic acid groups (broad SMARTS) is 3. The second kappa shape index (κ2) is 28.9. The molecule has 0 saturated heterocycles. The van der Waals surface area contributed by atoms with Crippen molar-refractivity contribution in [1.29, 1.82) is 0 Å². The van der Waals surface area contributed by atoms with Crippen LogP contribution in [-0.4, -0.2) is 150 Å². The molecular formula is C49H68N10O16. The van der Waals surface area contributed by atoms with Crippen LogP contribution in [-0.2, 0) is 65.6 Å². The molecule has 0 aliphatic heterocycles. The van der Waals surface area contributed by atoms with E-state index in [0.29, 0.717) is 22.0 Å². The van der Waals surface area contributed by atoms with Crippen LogP contribution in [0.1, 0.15) is 84.3 Å². The molecule has 1 aromatic heterocycles. The standard InChI is InChI=1S/C49H68N10O16/c1-23(2)16-30(50)42(67)53-32(14-15-38(51)62)43(68)55-34(18-26-10-12-28(61)13-11-26)45(70)57-37(21-40(65)66)47(72)58-36(20-39(63)64)46(71)54-33(17-24(3)4)44(69)56-35(48(73)59-41(25(5)60)49(74)75)19-27-22-52-31-9-7-6-8-29(27)31/h6-13,22-25,30,32-37,41,52,60-61H,14-21,50H2,1-5H3,(H2,51,62)(H,53,67)(H,54,71)(H,55,68)(H,56,69)(H,57,70)(H,58,72)(H,59,73)(H,63,64)(H,65,66)(H,74,75)/t25-,30+,32+,33+,34+,35+,36+,37+,41+/m1/s1. The number of nitrogens with one attached hydrogen (secondary N) is 8. The van der Waals surface area contributed by atoms with Crippen LogP contribution in [0.3, 0.4) is 0 Å². The van der Waals surface area contributed by atoms with Gasteiger partial charge in [-0.3, -0.25) is 47.9 Å². The summed E-state index contributed by atoms with van der Waals surface area (Å²) < 4.78 is 0. The van der Waals surface area contributed by atoms with Crippen molar-refractivity contribution in [1.82, 2.24) is 42.2 Å². The van der Waals surface area contributed by atoms with Crippen molar-refractivity contribution < 1.29 is 78.3 Å². The van der Waals surface area contributed by atoms with Crippen molar-refractivity contribution in [2.45, 2.75) is 140 Å². The minimum Gasteiger partial charge on any atom is -0.508 e. The molecule has 75 heavy (non-hydrogen) atoms. The van der Waals surface area contributed by atoms with Crippen LogP contribution in [0.4, 0.5) is 0 Å². The molecular weight excluding hydrogens is 985 g/mol. The Morgan fingerprint density at radius 3 is 1.52 bits per heavy atom. The van der Waals surface area contributed by atoms with E-state index in [9.17, 15) is 78.3 Å². The third kappa shape index (κ3) is 20.4. The van der Waals surface area contributed by atoms with Gasteiger partial charge >= 0.3 is 17.9 Å². The Balaban J connectivity index is 1.95. The molecule has 0 unspecified atom stereocenters. The lowest BCUT2D eigenvalue weighted by Gasteiger charge is -2.28. The predicted molar refractivity (Wildman–Crippen MR) is 266 cm³/mol. The molecule has 3 rings (SSSR count). The van der Waals surface area contributed by atoms with Gasteiger partial charge in [-0.05, 0) is 67.3 Å². The first-order valence-corrected chi connectivity index (χ1v) is 24.0. The first-order chi connectivity index (χ1) is 35.1. The van der Waals surface area contributed by atoms with Gasteiger partial charge in [0, 0.05) is 36.4 Å². The number of hydrogen-bond donors (Lipinski definition) is 15. The third-order valence-corrected chi connectivity index (χ3v) is 11.5. The van der Waals surface area contributed by atoms with E-state index in [1.807, 2.05) is 0 Å². The van der Waals surface area contributed by atoms with E-state index in [2.05, 4.69) is 42.2 Å². The predicted octanol–water partition coefficient (Wildman–Crippen LogP) is -1.85. The molecule has 17 N–H and O–H groups in total. The number of aliphatic hydroxyl groups is 1. The Morgan fingerprint density at radius 2 is 1.01 bits per heavy atom. The van der Waals surface area contributed by atoms with Gasteiger partial charge in [-0.15, -0.1) is 0 Å². The summed E-state index contributed by atoms with van der Waals surface area (Å²) in [6, 6.07) is -1.02. The number of H-pyrrole nitrogens is 1. The van der Waals surface area contributed by atoms with E-state index < -0.39 is 139 Å². The fraction of sp³-hybridized carbons (Fsp3) is 0.490. The number of carboxylic acids is 3. The van der Waals surface area contributed by atoms with Crippen molar-refractivity contribution in [2.24, 2.45) is 23.3 Å². The van der Waals surface area contributed by atoms with Crippen molar-refractivity contribution in [3.8, 4) is 5.75 Å². The quantitative estimate of drug-likeness (QED) is 0.0336. The van der Waals surface area contributed by atoms with Crippen LogP contribution in [0.5, 0.6) is 5.75 Å². The largest absolute Gasteiger partial charge is 0.508 e. The molecule has 0 spiro atoms. The molecule has 0 aliphatic carbocycles. The third-order valence-electron chi connectivity index (χ3n) is 11.5. The van der Waals surface area contributed by atoms with Crippen LogP contribution in [0.25, 0.3) is 10.9 Å². The Kier molecular flexibility index (Phi) is 23.6. The highest BCUT2D eigenvalue weighted by atomic mass is 16.4.